The Morgan fingerprint density at radius 3 is 2.19 bits per heavy atom. The number of hydrogen-bond acceptors (Lipinski definition) is 5. The van der Waals surface area contributed by atoms with Crippen molar-refractivity contribution in [1.82, 2.24) is 10.6 Å². The van der Waals surface area contributed by atoms with Gasteiger partial charge in [0.05, 0.1) is 18.1 Å². The molecule has 9 nitrogen and oxygen atoms in total. The Balaban J connectivity index is 2.12. The van der Waals surface area contributed by atoms with Crippen molar-refractivity contribution in [3.63, 3.8) is 0 Å². The molecule has 2 atom stereocenters. The summed E-state index contributed by atoms with van der Waals surface area (Å²) in [5.41, 5.74) is -0.590. The Bertz CT molecular complexity index is 1030. The summed E-state index contributed by atoms with van der Waals surface area (Å²) in [7, 11) is 5.15. The van der Waals surface area contributed by atoms with Gasteiger partial charge < -0.3 is 25.9 Å². The Labute approximate surface area is 186 Å². The third kappa shape index (κ3) is 6.93. The monoisotopic (exact) mass is 437 g/mol. The molecule has 0 fully saturated rings. The number of carboxylic acids is 1. The molecule has 0 aliphatic carbocycles. The lowest BCUT2D eigenvalue weighted by Gasteiger charge is -2.22. The number of fused-ring (bicyclic) bond motifs is 1. The van der Waals surface area contributed by atoms with Gasteiger partial charge in [0.1, 0.15) is 6.04 Å². The lowest BCUT2D eigenvalue weighted by Crippen LogP contribution is -2.54. The molecular formula is C22H24BN3O6. The Morgan fingerprint density at radius 1 is 0.906 bits per heavy atom. The number of carbonyl (C=O) groups excluding carboxylic acids is 4. The molecule has 0 saturated heterocycles. The Hall–Kier alpha value is -3.69. The van der Waals surface area contributed by atoms with E-state index in [9.17, 15) is 24.0 Å². The van der Waals surface area contributed by atoms with Crippen molar-refractivity contribution >= 4 is 53.7 Å². The van der Waals surface area contributed by atoms with Gasteiger partial charge >= 0.3 is 17.8 Å². The van der Waals surface area contributed by atoms with Crippen LogP contribution in [-0.2, 0) is 24.0 Å². The van der Waals surface area contributed by atoms with Crippen LogP contribution in [0.4, 0.5) is 5.69 Å². The normalized spacial score (nSPS) is 12.6. The van der Waals surface area contributed by atoms with Crippen molar-refractivity contribution < 1.29 is 29.1 Å². The molecule has 2 unspecified atom stereocenters. The first-order valence-electron chi connectivity index (χ1n) is 9.99. The van der Waals surface area contributed by atoms with Crippen molar-refractivity contribution in [3.05, 3.63) is 42.5 Å². The van der Waals surface area contributed by atoms with Gasteiger partial charge in [0.2, 0.25) is 5.91 Å². The van der Waals surface area contributed by atoms with Crippen LogP contribution < -0.4 is 16.0 Å². The molecule has 0 bridgehead atoms. The maximum Gasteiger partial charge on any atom is 0.313 e. The van der Waals surface area contributed by atoms with E-state index in [0.717, 1.165) is 10.8 Å². The third-order valence-corrected chi connectivity index (χ3v) is 4.61. The van der Waals surface area contributed by atoms with Gasteiger partial charge in [0, 0.05) is 11.1 Å². The van der Waals surface area contributed by atoms with E-state index in [1.54, 1.807) is 38.1 Å². The first-order chi connectivity index (χ1) is 15.1. The maximum atomic E-state index is 12.6. The minimum absolute atomic E-state index is 0.0568. The zero-order valence-corrected chi connectivity index (χ0v) is 17.8. The molecule has 166 valence electrons. The second-order valence-electron chi connectivity index (χ2n) is 7.70. The standard InChI is InChI=1S/C22H24BN3O6/c1-12(2)10-17(20(30)25-16(19(23)29)11-18(27)28)26-22(32)21(31)24-15-9-5-7-13-6-3-4-8-14(13)15/h3-9,12,16-17H,10-11H2,1-2H3,(H,24,31)(H,25,30)(H,26,32)(H,27,28). The number of amides is 3. The minimum atomic E-state index is -1.45. The molecule has 2 aromatic rings. The highest BCUT2D eigenvalue weighted by molar-refractivity contribution is 6.59. The zero-order chi connectivity index (χ0) is 23.8. The predicted molar refractivity (Wildman–Crippen MR) is 119 cm³/mol. The Kier molecular flexibility index (Phi) is 8.51. The van der Waals surface area contributed by atoms with Crippen LogP contribution >= 0.6 is 0 Å². The van der Waals surface area contributed by atoms with Crippen LogP contribution in [0.5, 0.6) is 0 Å². The van der Waals surface area contributed by atoms with E-state index in [2.05, 4.69) is 16.0 Å². The van der Waals surface area contributed by atoms with Gasteiger partial charge in [-0.1, -0.05) is 50.2 Å². The molecule has 4 N–H and O–H groups in total. The van der Waals surface area contributed by atoms with E-state index in [0.29, 0.717) is 5.69 Å². The molecule has 10 heteroatoms. The van der Waals surface area contributed by atoms with Crippen LogP contribution in [0, 0.1) is 5.92 Å². The van der Waals surface area contributed by atoms with Gasteiger partial charge in [-0.2, -0.15) is 0 Å². The number of hydrogen-bond donors (Lipinski definition) is 4. The number of carbonyl (C=O) groups is 5. The Morgan fingerprint density at radius 2 is 1.56 bits per heavy atom. The van der Waals surface area contributed by atoms with E-state index in [1.807, 2.05) is 18.2 Å². The molecule has 0 saturated carbocycles. The number of rotatable bonds is 9. The number of nitrogens with one attached hydrogen (secondary N) is 3. The number of aliphatic carboxylic acids is 1. The van der Waals surface area contributed by atoms with E-state index in [-0.39, 0.29) is 12.3 Å². The van der Waals surface area contributed by atoms with Gasteiger partial charge in [-0.15, -0.1) is 0 Å². The van der Waals surface area contributed by atoms with Gasteiger partial charge in [0.15, 0.2) is 7.85 Å². The van der Waals surface area contributed by atoms with Crippen LogP contribution in [0.15, 0.2) is 42.5 Å². The van der Waals surface area contributed by atoms with Gasteiger partial charge in [-0.05, 0) is 23.8 Å². The largest absolute Gasteiger partial charge is 0.481 e. The first-order valence-corrected chi connectivity index (χ1v) is 9.99. The fraction of sp³-hybridized carbons (Fsp3) is 0.318. The van der Waals surface area contributed by atoms with Crippen molar-refractivity contribution in [2.45, 2.75) is 38.8 Å². The topological polar surface area (TPSA) is 142 Å². The van der Waals surface area contributed by atoms with Crippen LogP contribution in [0.3, 0.4) is 0 Å². The summed E-state index contributed by atoms with van der Waals surface area (Å²) >= 11 is 0. The summed E-state index contributed by atoms with van der Waals surface area (Å²) in [5, 5.41) is 17.6. The summed E-state index contributed by atoms with van der Waals surface area (Å²) < 4.78 is 0. The average molecular weight is 437 g/mol. The molecule has 0 heterocycles. The zero-order valence-electron chi connectivity index (χ0n) is 17.8. The van der Waals surface area contributed by atoms with E-state index >= 15 is 0 Å². The second kappa shape index (κ2) is 11.1. The summed E-state index contributed by atoms with van der Waals surface area (Å²) in [6.45, 7) is 3.59. The molecule has 2 radical (unpaired) electrons. The fourth-order valence-electron chi connectivity index (χ4n) is 3.11. The smallest absolute Gasteiger partial charge is 0.313 e. The number of benzene rings is 2. The van der Waals surface area contributed by atoms with Gasteiger partial charge in [0.25, 0.3) is 0 Å². The van der Waals surface area contributed by atoms with Crippen LogP contribution in [-0.4, -0.2) is 54.4 Å². The van der Waals surface area contributed by atoms with Crippen LogP contribution in [0.1, 0.15) is 26.7 Å². The van der Waals surface area contributed by atoms with Crippen LogP contribution in [0.2, 0.25) is 0 Å². The minimum Gasteiger partial charge on any atom is -0.481 e. The molecule has 32 heavy (non-hydrogen) atoms. The maximum absolute atomic E-state index is 12.6. The first kappa shape index (κ1) is 24.6. The van der Waals surface area contributed by atoms with Gasteiger partial charge in [-0.3, -0.25) is 19.2 Å². The molecule has 2 aromatic carbocycles. The van der Waals surface area contributed by atoms with Crippen molar-refractivity contribution in [2.75, 3.05) is 5.32 Å². The molecule has 0 aliphatic heterocycles. The van der Waals surface area contributed by atoms with E-state index < -0.39 is 47.9 Å². The quantitative estimate of drug-likeness (QED) is 0.340. The molecule has 0 aliphatic rings. The fourth-order valence-corrected chi connectivity index (χ4v) is 3.11. The van der Waals surface area contributed by atoms with Crippen molar-refractivity contribution in [1.29, 1.82) is 0 Å². The van der Waals surface area contributed by atoms with Crippen LogP contribution in [0.25, 0.3) is 10.8 Å². The van der Waals surface area contributed by atoms with Gasteiger partial charge in [-0.25, -0.2) is 0 Å². The highest BCUT2D eigenvalue weighted by atomic mass is 16.4. The van der Waals surface area contributed by atoms with Crippen molar-refractivity contribution in [3.8, 4) is 0 Å². The summed E-state index contributed by atoms with van der Waals surface area (Å²) in [6.07, 6.45) is -0.553. The van der Waals surface area contributed by atoms with E-state index in [1.165, 1.54) is 0 Å². The third-order valence-electron chi connectivity index (χ3n) is 4.61. The number of anilines is 1. The highest BCUT2D eigenvalue weighted by Gasteiger charge is 2.28. The van der Waals surface area contributed by atoms with Crippen molar-refractivity contribution in [2.24, 2.45) is 5.92 Å². The summed E-state index contributed by atoms with van der Waals surface area (Å²) in [5.74, 6) is -4.21. The molecule has 0 spiro atoms. The highest BCUT2D eigenvalue weighted by Crippen LogP contribution is 2.22. The molecule has 2 rings (SSSR count). The number of carboxylic acid groups (broad SMARTS) is 1. The molecule has 3 amide bonds. The lowest BCUT2D eigenvalue weighted by atomic mass is 9.92. The summed E-state index contributed by atoms with van der Waals surface area (Å²) in [6, 6.07) is 9.93. The van der Waals surface area contributed by atoms with E-state index in [4.69, 9.17) is 13.0 Å². The molecule has 0 aromatic heterocycles. The second-order valence-corrected chi connectivity index (χ2v) is 7.70. The average Bonchev–Trinajstić information content (AvgIpc) is 2.72. The SMILES string of the molecule is [B]C(=O)C(CC(=O)O)NC(=O)C(CC(C)C)NC(=O)C(=O)Nc1cccc2ccccc12. The predicted octanol–water partition coefficient (Wildman–Crippen LogP) is 0.964. The lowest BCUT2D eigenvalue weighted by molar-refractivity contribution is -0.140. The summed E-state index contributed by atoms with van der Waals surface area (Å²) in [4.78, 5) is 59.9. The molecular weight excluding hydrogens is 413 g/mol.